The second-order valence-electron chi connectivity index (χ2n) is 6.07. The first-order chi connectivity index (χ1) is 12.8. The average molecular weight is 421 g/mol. The number of halogens is 2. The minimum absolute atomic E-state index is 0.0371. The van der Waals surface area contributed by atoms with Crippen molar-refractivity contribution in [3.05, 3.63) is 64.1 Å². The van der Waals surface area contributed by atoms with Gasteiger partial charge in [0.25, 0.3) is 15.9 Å². The number of nitrogens with one attached hydrogen (secondary N) is 1. The largest absolute Gasteiger partial charge is 0.308 e. The molecule has 5 nitrogen and oxygen atoms in total. The Morgan fingerprint density at radius 1 is 1.04 bits per heavy atom. The van der Waals surface area contributed by atoms with Crippen molar-refractivity contribution < 1.29 is 13.2 Å². The first kappa shape index (κ1) is 18.1. The van der Waals surface area contributed by atoms with Gasteiger partial charge in [-0.15, -0.1) is 0 Å². The van der Waals surface area contributed by atoms with Gasteiger partial charge in [0.05, 0.1) is 21.4 Å². The maximum absolute atomic E-state index is 12.9. The number of amides is 1. The summed E-state index contributed by atoms with van der Waals surface area (Å²) >= 11 is 12.0. The van der Waals surface area contributed by atoms with Gasteiger partial charge in [0.15, 0.2) is 0 Å². The summed E-state index contributed by atoms with van der Waals surface area (Å²) in [7, 11) is -3.96. The molecule has 138 valence electrons. The first-order valence-electron chi connectivity index (χ1n) is 8.19. The number of carbonyl (C=O) groups excluding carboxylic acids is 1. The number of sulfonamides is 1. The van der Waals surface area contributed by atoms with Gasteiger partial charge in [-0.05, 0) is 37.3 Å². The Hall–Kier alpha value is -2.28. The van der Waals surface area contributed by atoms with Crippen LogP contribution in [0.3, 0.4) is 0 Å². The van der Waals surface area contributed by atoms with Gasteiger partial charge >= 0.3 is 0 Å². The summed E-state index contributed by atoms with van der Waals surface area (Å²) in [6.45, 7) is 2.43. The highest BCUT2D eigenvalue weighted by Crippen LogP contribution is 2.41. The summed E-state index contributed by atoms with van der Waals surface area (Å²) < 4.78 is 28.3. The number of hydrogen-bond donors (Lipinski definition) is 1. The minimum atomic E-state index is -3.96. The summed E-state index contributed by atoms with van der Waals surface area (Å²) in [5.74, 6) is -0.0870. The summed E-state index contributed by atoms with van der Waals surface area (Å²) in [6.07, 6.45) is 0. The third-order valence-electron chi connectivity index (χ3n) is 4.55. The zero-order valence-electron chi connectivity index (χ0n) is 14.2. The van der Waals surface area contributed by atoms with Crippen molar-refractivity contribution in [1.82, 2.24) is 0 Å². The molecule has 3 aromatic rings. The SMILES string of the molecule is CCN1C(=O)c2cccc3c(NS(=O)(=O)c4cccc(Cl)c4Cl)ccc1c23. The lowest BCUT2D eigenvalue weighted by Crippen LogP contribution is -2.25. The highest BCUT2D eigenvalue weighted by atomic mass is 35.5. The van der Waals surface area contributed by atoms with Crippen LogP contribution in [0, 0.1) is 0 Å². The number of anilines is 2. The third kappa shape index (κ3) is 2.76. The highest BCUT2D eigenvalue weighted by Gasteiger charge is 2.30. The van der Waals surface area contributed by atoms with Gasteiger partial charge in [0, 0.05) is 22.9 Å². The van der Waals surface area contributed by atoms with E-state index in [1.165, 1.54) is 18.2 Å². The molecule has 1 heterocycles. The maximum atomic E-state index is 12.9. The van der Waals surface area contributed by atoms with Crippen LogP contribution >= 0.6 is 23.2 Å². The van der Waals surface area contributed by atoms with E-state index in [0.717, 1.165) is 11.1 Å². The average Bonchev–Trinajstić information content (AvgIpc) is 2.92. The van der Waals surface area contributed by atoms with Gasteiger partial charge in [0.2, 0.25) is 0 Å². The fourth-order valence-electron chi connectivity index (χ4n) is 3.34. The van der Waals surface area contributed by atoms with Crippen molar-refractivity contribution >= 4 is 61.3 Å². The molecule has 0 saturated carbocycles. The molecule has 0 aromatic heterocycles. The van der Waals surface area contributed by atoms with Crippen molar-refractivity contribution in [3.63, 3.8) is 0 Å². The van der Waals surface area contributed by atoms with Gasteiger partial charge in [0.1, 0.15) is 4.90 Å². The number of carbonyl (C=O) groups is 1. The Balaban J connectivity index is 1.87. The molecule has 1 N–H and O–H groups in total. The summed E-state index contributed by atoms with van der Waals surface area (Å²) in [4.78, 5) is 14.1. The third-order valence-corrected chi connectivity index (χ3v) is 6.89. The molecule has 1 aliphatic rings. The fourth-order valence-corrected chi connectivity index (χ4v) is 5.18. The number of benzene rings is 3. The Labute approximate surface area is 166 Å². The van der Waals surface area contributed by atoms with Crippen molar-refractivity contribution in [3.8, 4) is 0 Å². The molecule has 0 radical (unpaired) electrons. The number of hydrogen-bond acceptors (Lipinski definition) is 3. The highest BCUT2D eigenvalue weighted by molar-refractivity contribution is 7.92. The molecule has 27 heavy (non-hydrogen) atoms. The lowest BCUT2D eigenvalue weighted by atomic mass is 10.0. The molecule has 0 aliphatic carbocycles. The zero-order chi connectivity index (χ0) is 19.3. The van der Waals surface area contributed by atoms with Crippen molar-refractivity contribution in [2.45, 2.75) is 11.8 Å². The molecule has 0 atom stereocenters. The van der Waals surface area contributed by atoms with Crippen molar-refractivity contribution in [2.75, 3.05) is 16.2 Å². The van der Waals surface area contributed by atoms with Crippen LogP contribution in [-0.4, -0.2) is 20.9 Å². The van der Waals surface area contributed by atoms with Gasteiger partial charge in [-0.25, -0.2) is 8.42 Å². The van der Waals surface area contributed by atoms with Gasteiger partial charge in [-0.2, -0.15) is 0 Å². The topological polar surface area (TPSA) is 66.5 Å². The molecule has 8 heteroatoms. The molecule has 0 saturated heterocycles. The molecule has 0 fully saturated rings. The van der Waals surface area contributed by atoms with Crippen LogP contribution in [0.4, 0.5) is 11.4 Å². The summed E-state index contributed by atoms with van der Waals surface area (Å²) in [6, 6.07) is 13.1. The fraction of sp³-hybridized carbons (Fsp3) is 0.105. The predicted octanol–water partition coefficient (Wildman–Crippen LogP) is 4.93. The molecule has 0 spiro atoms. The normalized spacial score (nSPS) is 13.4. The molecule has 3 aromatic carbocycles. The van der Waals surface area contributed by atoms with E-state index in [1.807, 2.05) is 6.92 Å². The van der Waals surface area contributed by atoms with Gasteiger partial charge in [-0.3, -0.25) is 9.52 Å². The van der Waals surface area contributed by atoms with Crippen LogP contribution < -0.4 is 9.62 Å². The molecule has 4 rings (SSSR count). The predicted molar refractivity (Wildman–Crippen MR) is 109 cm³/mol. The Morgan fingerprint density at radius 3 is 2.52 bits per heavy atom. The van der Waals surface area contributed by atoms with Crippen molar-refractivity contribution in [2.24, 2.45) is 0 Å². The molecule has 1 aliphatic heterocycles. The van der Waals surface area contributed by atoms with Crippen LogP contribution in [-0.2, 0) is 10.0 Å². The van der Waals surface area contributed by atoms with E-state index in [4.69, 9.17) is 23.2 Å². The Bertz CT molecular complexity index is 1210. The molecule has 0 bridgehead atoms. The van der Waals surface area contributed by atoms with E-state index in [-0.39, 0.29) is 20.8 Å². The smallest absolute Gasteiger partial charge is 0.263 e. The Morgan fingerprint density at radius 2 is 1.78 bits per heavy atom. The molecular formula is C19H14Cl2N2O3S. The van der Waals surface area contributed by atoms with E-state index in [1.54, 1.807) is 35.2 Å². The standard InChI is InChI=1S/C19H14Cl2N2O3S/c1-2-23-15-10-9-14(11-5-3-6-12(17(11)15)19(23)24)22-27(25,26)16-8-4-7-13(20)18(16)21/h3-10,22H,2H2,1H3. The first-order valence-corrected chi connectivity index (χ1v) is 10.4. The lowest BCUT2D eigenvalue weighted by Gasteiger charge is -2.16. The second kappa shape index (κ2) is 6.41. The lowest BCUT2D eigenvalue weighted by molar-refractivity contribution is 0.0994. The number of rotatable bonds is 4. The molecule has 0 unspecified atom stereocenters. The van der Waals surface area contributed by atoms with E-state index >= 15 is 0 Å². The van der Waals surface area contributed by atoms with E-state index in [9.17, 15) is 13.2 Å². The Kier molecular flexibility index (Phi) is 4.29. The number of nitrogens with zero attached hydrogens (tertiary/aromatic N) is 1. The van der Waals surface area contributed by atoms with Gasteiger partial charge in [-0.1, -0.05) is 41.4 Å². The van der Waals surface area contributed by atoms with E-state index in [2.05, 4.69) is 4.72 Å². The zero-order valence-corrected chi connectivity index (χ0v) is 16.5. The molecule has 1 amide bonds. The van der Waals surface area contributed by atoms with Crippen LogP contribution in [0.5, 0.6) is 0 Å². The summed E-state index contributed by atoms with van der Waals surface area (Å²) in [5, 5.41) is 1.51. The van der Waals surface area contributed by atoms with Crippen LogP contribution in [0.1, 0.15) is 17.3 Å². The van der Waals surface area contributed by atoms with Crippen LogP contribution in [0.15, 0.2) is 53.4 Å². The monoisotopic (exact) mass is 420 g/mol. The minimum Gasteiger partial charge on any atom is -0.308 e. The summed E-state index contributed by atoms with van der Waals surface area (Å²) in [5.41, 5.74) is 1.71. The van der Waals surface area contributed by atoms with E-state index < -0.39 is 10.0 Å². The van der Waals surface area contributed by atoms with Crippen LogP contribution in [0.25, 0.3) is 10.8 Å². The molecular weight excluding hydrogens is 407 g/mol. The van der Waals surface area contributed by atoms with Crippen LogP contribution in [0.2, 0.25) is 10.0 Å². The quantitative estimate of drug-likeness (QED) is 0.650. The van der Waals surface area contributed by atoms with Crippen molar-refractivity contribution in [1.29, 1.82) is 0 Å². The van der Waals surface area contributed by atoms with E-state index in [0.29, 0.717) is 23.2 Å². The second-order valence-corrected chi connectivity index (χ2v) is 8.50. The van der Waals surface area contributed by atoms with Gasteiger partial charge < -0.3 is 4.90 Å². The maximum Gasteiger partial charge on any atom is 0.263 e.